The second-order valence-corrected chi connectivity index (χ2v) is 4.91. The molecule has 0 unspecified atom stereocenters. The highest BCUT2D eigenvalue weighted by Crippen LogP contribution is 2.42. The summed E-state index contributed by atoms with van der Waals surface area (Å²) in [6.07, 6.45) is 3.87. The summed E-state index contributed by atoms with van der Waals surface area (Å²) in [4.78, 5) is 11.6. The second-order valence-electron chi connectivity index (χ2n) is 4.91. The van der Waals surface area contributed by atoms with Crippen molar-refractivity contribution in [2.45, 2.75) is 39.5 Å². The summed E-state index contributed by atoms with van der Waals surface area (Å²) in [6.45, 7) is 8.55. The molecule has 1 atom stereocenters. The van der Waals surface area contributed by atoms with Gasteiger partial charge in [0.25, 0.3) is 0 Å². The lowest BCUT2D eigenvalue weighted by molar-refractivity contribution is -0.114. The number of allylic oxidation sites excluding steroid dienone is 3. The second kappa shape index (κ2) is 3.38. The van der Waals surface area contributed by atoms with Crippen LogP contribution in [0.3, 0.4) is 0 Å². The molecule has 2 aliphatic rings. The standard InChI is InChI=1S/C13H18O/c1-8(2)10-4-5-11-12(7-10)9(3)6-13(11)14/h8,10H,3-7H2,1-2H3/t10-/m0/s1. The van der Waals surface area contributed by atoms with Crippen molar-refractivity contribution in [3.05, 3.63) is 23.3 Å². The molecule has 0 radical (unpaired) electrons. The van der Waals surface area contributed by atoms with E-state index in [1.54, 1.807) is 0 Å². The van der Waals surface area contributed by atoms with E-state index in [0.29, 0.717) is 12.2 Å². The maximum Gasteiger partial charge on any atom is 0.163 e. The van der Waals surface area contributed by atoms with Gasteiger partial charge in [-0.3, -0.25) is 4.79 Å². The van der Waals surface area contributed by atoms with E-state index in [2.05, 4.69) is 20.4 Å². The Hall–Kier alpha value is -0.850. The lowest BCUT2D eigenvalue weighted by Crippen LogP contribution is -2.15. The van der Waals surface area contributed by atoms with Gasteiger partial charge in [0.15, 0.2) is 5.78 Å². The van der Waals surface area contributed by atoms with E-state index in [1.165, 1.54) is 12.0 Å². The fourth-order valence-corrected chi connectivity index (χ4v) is 2.61. The third kappa shape index (κ3) is 1.45. The first-order chi connectivity index (χ1) is 6.59. The van der Waals surface area contributed by atoms with E-state index in [0.717, 1.165) is 35.8 Å². The Morgan fingerprint density at radius 2 is 2.07 bits per heavy atom. The zero-order chi connectivity index (χ0) is 10.3. The van der Waals surface area contributed by atoms with Gasteiger partial charge in [0.1, 0.15) is 0 Å². The minimum atomic E-state index is 0.340. The highest BCUT2D eigenvalue weighted by atomic mass is 16.1. The van der Waals surface area contributed by atoms with Crippen LogP contribution >= 0.6 is 0 Å². The summed E-state index contributed by atoms with van der Waals surface area (Å²) in [5.74, 6) is 1.83. The van der Waals surface area contributed by atoms with E-state index in [4.69, 9.17) is 0 Å². The highest BCUT2D eigenvalue weighted by molar-refractivity contribution is 6.02. The minimum absolute atomic E-state index is 0.340. The molecule has 1 nitrogen and oxygen atoms in total. The smallest absolute Gasteiger partial charge is 0.163 e. The molecule has 0 fully saturated rings. The third-order valence-electron chi connectivity index (χ3n) is 3.68. The maximum atomic E-state index is 11.6. The van der Waals surface area contributed by atoms with Crippen molar-refractivity contribution >= 4 is 5.78 Å². The van der Waals surface area contributed by atoms with Gasteiger partial charge < -0.3 is 0 Å². The highest BCUT2D eigenvalue weighted by Gasteiger charge is 2.32. The van der Waals surface area contributed by atoms with Crippen LogP contribution in [0.25, 0.3) is 0 Å². The van der Waals surface area contributed by atoms with Gasteiger partial charge in [-0.15, -0.1) is 0 Å². The summed E-state index contributed by atoms with van der Waals surface area (Å²) in [6, 6.07) is 0. The summed E-state index contributed by atoms with van der Waals surface area (Å²) in [5, 5.41) is 0. The average Bonchev–Trinajstić information content (AvgIpc) is 2.42. The van der Waals surface area contributed by atoms with Crippen LogP contribution in [0, 0.1) is 11.8 Å². The van der Waals surface area contributed by atoms with Crippen LogP contribution in [0.1, 0.15) is 39.5 Å². The molecule has 2 aliphatic carbocycles. The molecule has 0 heterocycles. The number of rotatable bonds is 1. The quantitative estimate of drug-likeness (QED) is 0.620. The number of hydrogen-bond donors (Lipinski definition) is 0. The largest absolute Gasteiger partial charge is 0.294 e. The van der Waals surface area contributed by atoms with Crippen LogP contribution < -0.4 is 0 Å². The van der Waals surface area contributed by atoms with Gasteiger partial charge in [-0.25, -0.2) is 0 Å². The fraction of sp³-hybridized carbons (Fsp3) is 0.615. The first-order valence-corrected chi connectivity index (χ1v) is 5.53. The lowest BCUT2D eigenvalue weighted by atomic mass is 9.78. The molecule has 0 spiro atoms. The Morgan fingerprint density at radius 3 is 2.71 bits per heavy atom. The fourth-order valence-electron chi connectivity index (χ4n) is 2.61. The molecule has 1 heteroatoms. The Balaban J connectivity index is 2.23. The molecule has 2 rings (SSSR count). The van der Waals surface area contributed by atoms with Gasteiger partial charge in [-0.05, 0) is 47.8 Å². The number of ketones is 1. The predicted octanol–water partition coefficient (Wildman–Crippen LogP) is 3.27. The van der Waals surface area contributed by atoms with Crippen molar-refractivity contribution in [3.8, 4) is 0 Å². The monoisotopic (exact) mass is 190 g/mol. The minimum Gasteiger partial charge on any atom is -0.294 e. The Labute approximate surface area is 85.9 Å². The molecule has 0 saturated carbocycles. The molecule has 0 N–H and O–H groups in total. The van der Waals surface area contributed by atoms with Crippen molar-refractivity contribution in [1.82, 2.24) is 0 Å². The summed E-state index contributed by atoms with van der Waals surface area (Å²) in [5.41, 5.74) is 3.50. The third-order valence-corrected chi connectivity index (χ3v) is 3.68. The van der Waals surface area contributed by atoms with Crippen molar-refractivity contribution < 1.29 is 4.79 Å². The van der Waals surface area contributed by atoms with Crippen molar-refractivity contribution in [2.75, 3.05) is 0 Å². The maximum absolute atomic E-state index is 11.6. The lowest BCUT2D eigenvalue weighted by Gasteiger charge is -2.26. The molecule has 14 heavy (non-hydrogen) atoms. The normalized spacial score (nSPS) is 27.5. The van der Waals surface area contributed by atoms with Crippen molar-refractivity contribution in [2.24, 2.45) is 11.8 Å². The molecule has 0 amide bonds. The molecule has 0 bridgehead atoms. The molecular formula is C13H18O. The van der Waals surface area contributed by atoms with Crippen LogP contribution in [-0.2, 0) is 4.79 Å². The predicted molar refractivity (Wildman–Crippen MR) is 58.0 cm³/mol. The number of carbonyl (C=O) groups is 1. The summed E-state index contributed by atoms with van der Waals surface area (Å²) >= 11 is 0. The van der Waals surface area contributed by atoms with E-state index in [9.17, 15) is 4.79 Å². The summed E-state index contributed by atoms with van der Waals surface area (Å²) in [7, 11) is 0. The molecule has 0 aromatic rings. The van der Waals surface area contributed by atoms with Crippen molar-refractivity contribution in [3.63, 3.8) is 0 Å². The molecular weight excluding hydrogens is 172 g/mol. The van der Waals surface area contributed by atoms with Crippen LogP contribution in [0.2, 0.25) is 0 Å². The SMILES string of the molecule is C=C1CC(=O)C2=C1C[C@@H](C(C)C)CC2. The van der Waals surface area contributed by atoms with Gasteiger partial charge in [0, 0.05) is 6.42 Å². The topological polar surface area (TPSA) is 17.1 Å². The number of Topliss-reactive ketones (excluding diaryl/α,β-unsaturated/α-hetero) is 1. The zero-order valence-electron chi connectivity index (χ0n) is 9.10. The number of hydrogen-bond acceptors (Lipinski definition) is 1. The molecule has 0 saturated heterocycles. The first kappa shape index (κ1) is 9.70. The average molecular weight is 190 g/mol. The zero-order valence-corrected chi connectivity index (χ0v) is 9.10. The first-order valence-electron chi connectivity index (χ1n) is 5.53. The van der Waals surface area contributed by atoms with Gasteiger partial charge in [-0.2, -0.15) is 0 Å². The Bertz CT molecular complexity index is 320. The van der Waals surface area contributed by atoms with E-state index < -0.39 is 0 Å². The van der Waals surface area contributed by atoms with Gasteiger partial charge in [0.2, 0.25) is 0 Å². The van der Waals surface area contributed by atoms with E-state index in [-0.39, 0.29) is 0 Å². The molecule has 0 aromatic carbocycles. The molecule has 0 aromatic heterocycles. The van der Waals surface area contributed by atoms with E-state index in [1.807, 2.05) is 0 Å². The van der Waals surface area contributed by atoms with E-state index >= 15 is 0 Å². The van der Waals surface area contributed by atoms with Gasteiger partial charge in [-0.1, -0.05) is 20.4 Å². The molecule has 76 valence electrons. The molecule has 0 aliphatic heterocycles. The Kier molecular flexibility index (Phi) is 2.34. The van der Waals surface area contributed by atoms with Gasteiger partial charge in [0.05, 0.1) is 0 Å². The van der Waals surface area contributed by atoms with Crippen LogP contribution in [0.15, 0.2) is 23.3 Å². The van der Waals surface area contributed by atoms with Crippen LogP contribution in [-0.4, -0.2) is 5.78 Å². The van der Waals surface area contributed by atoms with Crippen molar-refractivity contribution in [1.29, 1.82) is 0 Å². The van der Waals surface area contributed by atoms with Gasteiger partial charge >= 0.3 is 0 Å². The number of carbonyl (C=O) groups excluding carboxylic acids is 1. The van der Waals surface area contributed by atoms with Crippen LogP contribution in [0.4, 0.5) is 0 Å². The Morgan fingerprint density at radius 1 is 1.36 bits per heavy atom. The summed E-state index contributed by atoms with van der Waals surface area (Å²) < 4.78 is 0. The van der Waals surface area contributed by atoms with Crippen LogP contribution in [0.5, 0.6) is 0 Å².